The second-order valence-corrected chi connectivity index (χ2v) is 27.7. The fourth-order valence-corrected chi connectivity index (χ4v) is 14.2. The molecule has 2 unspecified atom stereocenters. The Balaban J connectivity index is 0.000000247. The van der Waals surface area contributed by atoms with Crippen LogP contribution in [-0.2, 0) is 63.9 Å². The number of carbonyl (C=O) groups is 3. The normalized spacial score (nSPS) is 12.7. The third-order valence-electron chi connectivity index (χ3n) is 13.0. The minimum absolute atomic E-state index is 0.0103. The molecule has 24 heteroatoms. The maximum Gasteiger partial charge on any atom is 0.429 e. The van der Waals surface area contributed by atoms with Gasteiger partial charge in [0.15, 0.2) is 11.6 Å². The van der Waals surface area contributed by atoms with Crippen molar-refractivity contribution in [2.45, 2.75) is 113 Å². The largest absolute Gasteiger partial charge is 0.464 e. The average molecular weight is 1240 g/mol. The van der Waals surface area contributed by atoms with E-state index in [1.54, 1.807) is 126 Å². The molecule has 0 saturated carbocycles. The lowest BCUT2D eigenvalue weighted by atomic mass is 10.1. The third kappa shape index (κ3) is 14.2. The number of aromatic nitrogens is 2. The topological polar surface area (TPSA) is 263 Å². The number of fused-ring (bicyclic) bond motifs is 2. The molecule has 0 aliphatic carbocycles. The van der Waals surface area contributed by atoms with Crippen molar-refractivity contribution in [2.24, 2.45) is 0 Å². The molecule has 8 aromatic rings. The Morgan fingerprint density at radius 1 is 0.482 bits per heavy atom. The van der Waals surface area contributed by atoms with Gasteiger partial charge in [-0.3, -0.25) is 4.72 Å². The van der Waals surface area contributed by atoms with Crippen LogP contribution in [0, 0.1) is 27.7 Å². The number of ether oxygens (including phenoxy) is 3. The van der Waals surface area contributed by atoms with Gasteiger partial charge in [-0.05, 0) is 125 Å². The van der Waals surface area contributed by atoms with Crippen molar-refractivity contribution in [1.82, 2.24) is 9.97 Å². The zero-order valence-electron chi connectivity index (χ0n) is 48.7. The summed E-state index contributed by atoms with van der Waals surface area (Å²) in [5, 5.41) is 1.04. The van der Waals surface area contributed by atoms with Crippen LogP contribution in [0.3, 0.4) is 0 Å². The lowest BCUT2D eigenvalue weighted by molar-refractivity contribution is -0.144. The van der Waals surface area contributed by atoms with E-state index in [-0.39, 0.29) is 66.6 Å². The Labute approximate surface area is 496 Å². The summed E-state index contributed by atoms with van der Waals surface area (Å²) in [7, 11) is -17.2. The summed E-state index contributed by atoms with van der Waals surface area (Å²) >= 11 is 0. The van der Waals surface area contributed by atoms with Crippen LogP contribution >= 0.6 is 0 Å². The number of esters is 2. The summed E-state index contributed by atoms with van der Waals surface area (Å²) in [5.41, 5.74) is 2.34. The van der Waals surface area contributed by atoms with Gasteiger partial charge >= 0.3 is 18.0 Å². The standard InChI is InChI=1S/C33H37N3O8S2.C28H29N3O6S2/c1-8-43-31(37)24(4)35(45(39,40)25-17-13-22(2)14-18-25)30-28-12-10-9-11-27(28)29(21-34-30)36(32(38)44-33(5,6)7)46(41,42)26-19-15-23(3)16-20-26;1-5-37-28(32)21(4)31(39(35,36)23-16-12-20(3)13-17-23)27-25-9-7-6-8-24(25)26(18-29-27)30-38(33,34)22-14-10-19(2)11-15-22/h9-21,24H,8H2,1-7H3;6-18,21,30H,5H2,1-4H3. The summed E-state index contributed by atoms with van der Waals surface area (Å²) in [4.78, 5) is 48.1. The van der Waals surface area contributed by atoms with Gasteiger partial charge in [-0.2, -0.15) is 4.31 Å². The Hall–Kier alpha value is -8.45. The number of anilines is 4. The highest BCUT2D eigenvalue weighted by atomic mass is 32.2. The highest BCUT2D eigenvalue weighted by Gasteiger charge is 2.41. The van der Waals surface area contributed by atoms with E-state index in [2.05, 4.69) is 14.7 Å². The monoisotopic (exact) mass is 1230 g/mol. The molecule has 20 nitrogen and oxygen atoms in total. The highest BCUT2D eigenvalue weighted by molar-refractivity contribution is 7.94. The Kier molecular flexibility index (Phi) is 19.5. The van der Waals surface area contributed by atoms with E-state index >= 15 is 0 Å². The minimum atomic E-state index is -4.57. The Bertz CT molecular complexity index is 4240. The molecule has 0 aliphatic heterocycles. The Morgan fingerprint density at radius 2 is 0.824 bits per heavy atom. The van der Waals surface area contributed by atoms with Crippen molar-refractivity contribution >= 4 is 103 Å². The summed E-state index contributed by atoms with van der Waals surface area (Å²) in [6, 6.07) is 35.0. The first-order chi connectivity index (χ1) is 39.9. The van der Waals surface area contributed by atoms with E-state index in [4.69, 9.17) is 14.2 Å². The van der Waals surface area contributed by atoms with Crippen LogP contribution in [0.25, 0.3) is 21.5 Å². The minimum Gasteiger partial charge on any atom is -0.464 e. The molecule has 0 spiro atoms. The molecule has 0 radical (unpaired) electrons. The molecule has 2 heterocycles. The van der Waals surface area contributed by atoms with Crippen LogP contribution in [0.5, 0.6) is 0 Å². The molecule has 0 aliphatic rings. The number of sulfonamides is 4. The first-order valence-corrected chi connectivity index (χ1v) is 32.5. The van der Waals surface area contributed by atoms with Crippen LogP contribution in [-0.4, -0.2) is 92.6 Å². The van der Waals surface area contributed by atoms with E-state index in [0.29, 0.717) is 15.1 Å². The van der Waals surface area contributed by atoms with Gasteiger partial charge in [0.25, 0.3) is 40.1 Å². The number of aryl methyl sites for hydroxylation is 4. The maximum atomic E-state index is 14.2. The van der Waals surface area contributed by atoms with E-state index in [9.17, 15) is 48.1 Å². The van der Waals surface area contributed by atoms with Crippen LogP contribution in [0.1, 0.15) is 70.7 Å². The zero-order chi connectivity index (χ0) is 62.4. The van der Waals surface area contributed by atoms with Gasteiger partial charge in [-0.1, -0.05) is 119 Å². The molecule has 6 aromatic carbocycles. The van der Waals surface area contributed by atoms with E-state index in [1.807, 2.05) is 20.8 Å². The fourth-order valence-electron chi connectivity index (χ4n) is 8.68. The SMILES string of the molecule is CCOC(=O)C(C)N(c1ncc(N(C(=O)OC(C)(C)C)S(=O)(=O)c2ccc(C)cc2)c2ccccc12)S(=O)(=O)c1ccc(C)cc1.CCOC(=O)C(C)N(c1ncc(NS(=O)(=O)c2ccc(C)cc2)c2ccccc12)S(=O)(=O)c1ccc(C)cc1. The smallest absolute Gasteiger partial charge is 0.429 e. The predicted octanol–water partition coefficient (Wildman–Crippen LogP) is 10.9. The molecular weight excluding hydrogens is 1170 g/mol. The molecule has 0 fully saturated rings. The second kappa shape index (κ2) is 25.8. The molecular formula is C61H66N6O14S4. The number of rotatable bonds is 18. The Morgan fingerprint density at radius 3 is 1.21 bits per heavy atom. The van der Waals surface area contributed by atoms with Crippen LogP contribution < -0.4 is 17.6 Å². The van der Waals surface area contributed by atoms with Crippen LogP contribution in [0.2, 0.25) is 0 Å². The van der Waals surface area contributed by atoms with Crippen molar-refractivity contribution in [1.29, 1.82) is 0 Å². The second-order valence-electron chi connectivity index (χ2n) is 20.6. The zero-order valence-corrected chi connectivity index (χ0v) is 51.9. The maximum absolute atomic E-state index is 14.2. The predicted molar refractivity (Wildman–Crippen MR) is 326 cm³/mol. The van der Waals surface area contributed by atoms with Crippen LogP contribution in [0.15, 0.2) is 178 Å². The molecule has 8 rings (SSSR count). The number of amides is 1. The molecule has 2 atom stereocenters. The first-order valence-electron chi connectivity index (χ1n) is 26.7. The van der Waals surface area contributed by atoms with Crippen molar-refractivity contribution in [3.05, 3.63) is 180 Å². The number of nitrogens with zero attached hydrogens (tertiary/aromatic N) is 5. The van der Waals surface area contributed by atoms with Gasteiger partial charge in [0.1, 0.15) is 17.7 Å². The number of hydrogen-bond donors (Lipinski definition) is 1. The van der Waals surface area contributed by atoms with Crippen molar-refractivity contribution in [2.75, 3.05) is 30.9 Å². The van der Waals surface area contributed by atoms with Crippen molar-refractivity contribution in [3.63, 3.8) is 0 Å². The van der Waals surface area contributed by atoms with Crippen molar-refractivity contribution < 1.29 is 62.3 Å². The van der Waals surface area contributed by atoms with Crippen molar-refractivity contribution in [3.8, 4) is 0 Å². The highest BCUT2D eigenvalue weighted by Crippen LogP contribution is 2.40. The molecule has 1 amide bonds. The van der Waals surface area contributed by atoms with Gasteiger partial charge in [-0.15, -0.1) is 0 Å². The van der Waals surface area contributed by atoms with Gasteiger partial charge in [0, 0.05) is 21.5 Å². The quantitative estimate of drug-likeness (QED) is 0.0618. The number of benzene rings is 6. The van der Waals surface area contributed by atoms with Gasteiger partial charge in [0.05, 0.1) is 56.6 Å². The van der Waals surface area contributed by atoms with Crippen LogP contribution in [0.4, 0.5) is 27.8 Å². The number of hydrogen-bond acceptors (Lipinski definition) is 16. The van der Waals surface area contributed by atoms with Gasteiger partial charge in [0.2, 0.25) is 0 Å². The first kappa shape index (κ1) is 64.1. The number of nitrogens with one attached hydrogen (secondary N) is 1. The lowest BCUT2D eigenvalue weighted by Crippen LogP contribution is -2.45. The summed E-state index contributed by atoms with van der Waals surface area (Å²) in [6.07, 6.45) is 1.15. The molecule has 2 aromatic heterocycles. The van der Waals surface area contributed by atoms with Gasteiger partial charge in [-0.25, -0.2) is 66.6 Å². The lowest BCUT2D eigenvalue weighted by Gasteiger charge is -2.31. The molecule has 1 N–H and O–H groups in total. The number of carbonyl (C=O) groups excluding carboxylic acids is 3. The molecule has 0 bridgehead atoms. The van der Waals surface area contributed by atoms with E-state index in [1.165, 1.54) is 80.7 Å². The molecule has 85 heavy (non-hydrogen) atoms. The molecule has 448 valence electrons. The van der Waals surface area contributed by atoms with E-state index < -0.39 is 75.8 Å². The fraction of sp³-hybridized carbons (Fsp3) is 0.262. The van der Waals surface area contributed by atoms with Gasteiger partial charge < -0.3 is 14.2 Å². The third-order valence-corrected chi connectivity index (χ3v) is 19.8. The summed E-state index contributed by atoms with van der Waals surface area (Å²) in [5.74, 6) is -1.77. The average Bonchev–Trinajstić information content (AvgIpc) is 1.07. The van der Waals surface area contributed by atoms with E-state index in [0.717, 1.165) is 37.1 Å². The molecule has 0 saturated heterocycles. The summed E-state index contributed by atoms with van der Waals surface area (Å²) < 4.78 is 131. The summed E-state index contributed by atoms with van der Waals surface area (Å²) in [6.45, 7) is 18.2. The number of pyridine rings is 2.